The molecule has 0 amide bonds. The van der Waals surface area contributed by atoms with Gasteiger partial charge in [-0.3, -0.25) is 0 Å². The molecule has 1 fully saturated rings. The van der Waals surface area contributed by atoms with Gasteiger partial charge in [0.05, 0.1) is 12.7 Å². The van der Waals surface area contributed by atoms with Crippen molar-refractivity contribution in [1.82, 2.24) is 0 Å². The Morgan fingerprint density at radius 1 is 0.958 bits per heavy atom. The van der Waals surface area contributed by atoms with E-state index in [1.165, 1.54) is 11.8 Å². The first-order valence-electron chi connectivity index (χ1n) is 8.04. The van der Waals surface area contributed by atoms with Crippen molar-refractivity contribution in [3.05, 3.63) is 66.2 Å². The van der Waals surface area contributed by atoms with Crippen LogP contribution in [0.25, 0.3) is 0 Å². The van der Waals surface area contributed by atoms with Crippen LogP contribution in [0.5, 0.6) is 0 Å². The fourth-order valence-electron chi connectivity index (χ4n) is 2.73. The quantitative estimate of drug-likeness (QED) is 0.872. The number of benzene rings is 2. The zero-order chi connectivity index (χ0) is 16.9. The van der Waals surface area contributed by atoms with Crippen LogP contribution in [0.3, 0.4) is 0 Å². The molecule has 0 unspecified atom stereocenters. The van der Waals surface area contributed by atoms with E-state index in [1.807, 2.05) is 67.6 Å². The van der Waals surface area contributed by atoms with Crippen LogP contribution in [0, 0.1) is 0 Å². The first kappa shape index (κ1) is 17.5. The average molecular weight is 346 g/mol. The van der Waals surface area contributed by atoms with Crippen LogP contribution in [0.15, 0.2) is 65.6 Å². The highest BCUT2D eigenvalue weighted by molar-refractivity contribution is 7.99. The fourth-order valence-corrected chi connectivity index (χ4v) is 3.85. The monoisotopic (exact) mass is 346 g/mol. The number of rotatable bonds is 5. The molecule has 1 saturated heterocycles. The first-order valence-corrected chi connectivity index (χ1v) is 8.92. The van der Waals surface area contributed by atoms with Crippen molar-refractivity contribution in [2.24, 2.45) is 0 Å². The van der Waals surface area contributed by atoms with Gasteiger partial charge in [-0.1, -0.05) is 60.3 Å². The molecule has 4 nitrogen and oxygen atoms in total. The molecule has 24 heavy (non-hydrogen) atoms. The summed E-state index contributed by atoms with van der Waals surface area (Å²) in [6, 6.07) is 19.5. The molecular weight excluding hydrogens is 324 g/mol. The fraction of sp³-hybridized carbons (Fsp3) is 0.368. The number of hydrogen-bond donors (Lipinski definition) is 2. The van der Waals surface area contributed by atoms with E-state index in [9.17, 15) is 10.2 Å². The highest BCUT2D eigenvalue weighted by atomic mass is 32.2. The van der Waals surface area contributed by atoms with E-state index in [1.54, 1.807) is 0 Å². The van der Waals surface area contributed by atoms with E-state index in [4.69, 9.17) is 9.47 Å². The molecule has 3 rings (SSSR count). The molecule has 5 heteroatoms. The van der Waals surface area contributed by atoms with E-state index >= 15 is 0 Å². The van der Waals surface area contributed by atoms with Gasteiger partial charge in [-0.15, -0.1) is 0 Å². The molecule has 2 aromatic carbocycles. The third-order valence-corrected chi connectivity index (χ3v) is 5.22. The topological polar surface area (TPSA) is 58.9 Å². The summed E-state index contributed by atoms with van der Waals surface area (Å²) in [4.78, 5) is 0.990. The standard InChI is InChI=1S/C19H22O4S/c1-13-18(22-12-14-8-4-2-5-9-14)16(20)17(21)19(23-13)24-15-10-6-3-7-11-15/h2-11,13,16-21H,12H2,1H3/t13-,16-,17+,18-,19-/m0/s1. The Balaban J connectivity index is 1.61. The van der Waals surface area contributed by atoms with Crippen molar-refractivity contribution in [2.75, 3.05) is 0 Å². The summed E-state index contributed by atoms with van der Waals surface area (Å²) in [5.74, 6) is 0. The lowest BCUT2D eigenvalue weighted by Crippen LogP contribution is -2.56. The second-order valence-corrected chi connectivity index (χ2v) is 7.05. The highest BCUT2D eigenvalue weighted by Gasteiger charge is 2.43. The molecular formula is C19H22O4S. The molecule has 5 atom stereocenters. The van der Waals surface area contributed by atoms with Crippen LogP contribution in [-0.4, -0.2) is 40.1 Å². The Morgan fingerprint density at radius 3 is 2.25 bits per heavy atom. The van der Waals surface area contributed by atoms with Crippen molar-refractivity contribution in [2.45, 2.75) is 48.3 Å². The van der Waals surface area contributed by atoms with Crippen molar-refractivity contribution in [1.29, 1.82) is 0 Å². The molecule has 0 aromatic heterocycles. The molecule has 128 valence electrons. The predicted octanol–water partition coefficient (Wildman–Crippen LogP) is 2.83. The van der Waals surface area contributed by atoms with Crippen LogP contribution >= 0.6 is 11.8 Å². The minimum Gasteiger partial charge on any atom is -0.387 e. The lowest BCUT2D eigenvalue weighted by atomic mass is 10.0. The van der Waals surface area contributed by atoms with Crippen LogP contribution in [0.1, 0.15) is 12.5 Å². The molecule has 0 spiro atoms. The van der Waals surface area contributed by atoms with Gasteiger partial charge < -0.3 is 19.7 Å². The molecule has 0 bridgehead atoms. The summed E-state index contributed by atoms with van der Waals surface area (Å²) in [6.45, 7) is 2.24. The number of hydrogen-bond acceptors (Lipinski definition) is 5. The molecule has 2 N–H and O–H groups in total. The largest absolute Gasteiger partial charge is 0.387 e. The summed E-state index contributed by atoms with van der Waals surface area (Å²) in [5.41, 5.74) is 0.501. The Bertz CT molecular complexity index is 622. The third kappa shape index (κ3) is 4.18. The summed E-state index contributed by atoms with van der Waals surface area (Å²) >= 11 is 1.41. The van der Waals surface area contributed by atoms with Gasteiger partial charge in [0, 0.05) is 4.90 Å². The van der Waals surface area contributed by atoms with Crippen molar-refractivity contribution >= 4 is 11.8 Å². The molecule has 1 heterocycles. The maximum Gasteiger partial charge on any atom is 0.136 e. The van der Waals surface area contributed by atoms with Gasteiger partial charge in [-0.05, 0) is 24.6 Å². The van der Waals surface area contributed by atoms with Crippen LogP contribution in [0.4, 0.5) is 0 Å². The molecule has 0 radical (unpaired) electrons. The van der Waals surface area contributed by atoms with Crippen molar-refractivity contribution in [3.8, 4) is 0 Å². The number of aliphatic hydroxyl groups excluding tert-OH is 2. The van der Waals surface area contributed by atoms with Gasteiger partial charge in [0.1, 0.15) is 23.7 Å². The summed E-state index contributed by atoms with van der Waals surface area (Å²) in [5, 5.41) is 20.9. The minimum absolute atomic E-state index is 0.312. The Morgan fingerprint density at radius 2 is 1.58 bits per heavy atom. The second-order valence-electron chi connectivity index (χ2n) is 5.88. The Labute approximate surface area is 146 Å². The van der Waals surface area contributed by atoms with Gasteiger partial charge in [0.25, 0.3) is 0 Å². The van der Waals surface area contributed by atoms with Crippen molar-refractivity contribution < 1.29 is 19.7 Å². The lowest BCUT2D eigenvalue weighted by Gasteiger charge is -2.41. The lowest BCUT2D eigenvalue weighted by molar-refractivity contribution is -0.212. The van der Waals surface area contributed by atoms with E-state index in [0.717, 1.165) is 10.5 Å². The number of aliphatic hydroxyl groups is 2. The maximum atomic E-state index is 10.5. The third-order valence-electron chi connectivity index (χ3n) is 4.06. The van der Waals surface area contributed by atoms with Gasteiger partial charge in [-0.2, -0.15) is 0 Å². The summed E-state index contributed by atoms with van der Waals surface area (Å²) in [7, 11) is 0. The van der Waals surface area contributed by atoms with E-state index in [-0.39, 0.29) is 6.10 Å². The molecule has 2 aromatic rings. The smallest absolute Gasteiger partial charge is 0.136 e. The van der Waals surface area contributed by atoms with Gasteiger partial charge in [0.2, 0.25) is 0 Å². The van der Waals surface area contributed by atoms with Crippen LogP contribution < -0.4 is 0 Å². The number of ether oxygens (including phenoxy) is 2. The molecule has 1 aliphatic heterocycles. The molecule has 1 aliphatic rings. The minimum atomic E-state index is -1.01. The van der Waals surface area contributed by atoms with Crippen LogP contribution in [-0.2, 0) is 16.1 Å². The normalized spacial score (nSPS) is 30.2. The highest BCUT2D eigenvalue weighted by Crippen LogP contribution is 2.34. The number of thioether (sulfide) groups is 1. The van der Waals surface area contributed by atoms with Gasteiger partial charge >= 0.3 is 0 Å². The zero-order valence-corrected chi connectivity index (χ0v) is 14.3. The van der Waals surface area contributed by atoms with Crippen molar-refractivity contribution in [3.63, 3.8) is 0 Å². The molecule has 0 saturated carbocycles. The summed E-state index contributed by atoms with van der Waals surface area (Å²) < 4.78 is 11.7. The van der Waals surface area contributed by atoms with Crippen LogP contribution in [0.2, 0.25) is 0 Å². The van der Waals surface area contributed by atoms with E-state index in [2.05, 4.69) is 0 Å². The second kappa shape index (κ2) is 8.14. The average Bonchev–Trinajstić information content (AvgIpc) is 2.61. The van der Waals surface area contributed by atoms with E-state index < -0.39 is 23.7 Å². The maximum absolute atomic E-state index is 10.5. The zero-order valence-electron chi connectivity index (χ0n) is 13.5. The SMILES string of the molecule is C[C@@H]1O[C@@H](Sc2ccccc2)[C@H](O)[C@H](O)[C@H]1OCc1ccccc1. The Hall–Kier alpha value is -1.37. The molecule has 0 aliphatic carbocycles. The Kier molecular flexibility index (Phi) is 5.92. The predicted molar refractivity (Wildman–Crippen MR) is 93.7 cm³/mol. The van der Waals surface area contributed by atoms with Gasteiger partial charge in [0.15, 0.2) is 0 Å². The van der Waals surface area contributed by atoms with Gasteiger partial charge in [-0.25, -0.2) is 0 Å². The first-order chi connectivity index (χ1) is 11.6. The summed E-state index contributed by atoms with van der Waals surface area (Å²) in [6.07, 6.45) is -2.87. The van der Waals surface area contributed by atoms with E-state index in [0.29, 0.717) is 6.61 Å².